The van der Waals surface area contributed by atoms with E-state index in [4.69, 9.17) is 16.9 Å². The van der Waals surface area contributed by atoms with Crippen LogP contribution in [0.25, 0.3) is 0 Å². The second-order valence-corrected chi connectivity index (χ2v) is 6.57. The standard InChI is InChI=1S/C18H19ClN4S/c1-21-18(23-13-15-4-2-3-14(11-15)12-20)22-9-10-24-17-7-5-16(19)6-8-17/h2-8,11H,9-10,13H2,1H3,(H2,21,22,23). The van der Waals surface area contributed by atoms with Gasteiger partial charge in [-0.2, -0.15) is 5.26 Å². The molecule has 0 aliphatic carbocycles. The van der Waals surface area contributed by atoms with E-state index in [0.29, 0.717) is 12.1 Å². The first-order chi connectivity index (χ1) is 11.7. The normalized spacial score (nSPS) is 11.0. The Morgan fingerprint density at radius 3 is 2.71 bits per heavy atom. The first-order valence-electron chi connectivity index (χ1n) is 7.53. The first-order valence-corrected chi connectivity index (χ1v) is 8.89. The number of benzene rings is 2. The van der Waals surface area contributed by atoms with E-state index in [9.17, 15) is 0 Å². The van der Waals surface area contributed by atoms with Crippen LogP contribution in [0, 0.1) is 11.3 Å². The summed E-state index contributed by atoms with van der Waals surface area (Å²) in [6.07, 6.45) is 0. The van der Waals surface area contributed by atoms with Gasteiger partial charge in [0.2, 0.25) is 0 Å². The maximum atomic E-state index is 8.92. The summed E-state index contributed by atoms with van der Waals surface area (Å²) in [5.41, 5.74) is 1.71. The molecule has 2 N–H and O–H groups in total. The summed E-state index contributed by atoms with van der Waals surface area (Å²) in [5.74, 6) is 1.67. The minimum Gasteiger partial charge on any atom is -0.356 e. The highest BCUT2D eigenvalue weighted by atomic mass is 35.5. The molecule has 0 saturated carbocycles. The van der Waals surface area contributed by atoms with E-state index in [1.165, 1.54) is 4.90 Å². The molecule has 0 aliphatic rings. The van der Waals surface area contributed by atoms with Crippen molar-refractivity contribution in [2.24, 2.45) is 4.99 Å². The Hall–Kier alpha value is -2.16. The van der Waals surface area contributed by atoms with Crippen LogP contribution >= 0.6 is 23.4 Å². The molecule has 0 saturated heterocycles. The number of nitrogens with one attached hydrogen (secondary N) is 2. The SMILES string of the molecule is CN=C(NCCSc1ccc(Cl)cc1)NCc1cccc(C#N)c1. The summed E-state index contributed by atoms with van der Waals surface area (Å²) in [7, 11) is 1.74. The number of nitriles is 1. The summed E-state index contributed by atoms with van der Waals surface area (Å²) >= 11 is 7.64. The number of hydrogen-bond donors (Lipinski definition) is 2. The van der Waals surface area contributed by atoms with Gasteiger partial charge in [-0.05, 0) is 42.0 Å². The van der Waals surface area contributed by atoms with Crippen LogP contribution in [0.15, 0.2) is 58.4 Å². The smallest absolute Gasteiger partial charge is 0.191 e. The van der Waals surface area contributed by atoms with Crippen molar-refractivity contribution in [2.45, 2.75) is 11.4 Å². The van der Waals surface area contributed by atoms with Gasteiger partial charge in [-0.1, -0.05) is 23.7 Å². The summed E-state index contributed by atoms with van der Waals surface area (Å²) in [6.45, 7) is 1.42. The van der Waals surface area contributed by atoms with E-state index < -0.39 is 0 Å². The van der Waals surface area contributed by atoms with Gasteiger partial charge in [0.15, 0.2) is 5.96 Å². The number of nitrogens with zero attached hydrogens (tertiary/aromatic N) is 2. The molecule has 0 bridgehead atoms. The molecular formula is C18H19ClN4S. The van der Waals surface area contributed by atoms with E-state index in [1.807, 2.05) is 42.5 Å². The van der Waals surface area contributed by atoms with Crippen molar-refractivity contribution in [3.05, 3.63) is 64.7 Å². The first kappa shape index (κ1) is 18.2. The lowest BCUT2D eigenvalue weighted by Gasteiger charge is -2.12. The molecule has 0 atom stereocenters. The zero-order valence-corrected chi connectivity index (χ0v) is 15.0. The van der Waals surface area contributed by atoms with E-state index in [1.54, 1.807) is 24.9 Å². The fourth-order valence-electron chi connectivity index (χ4n) is 2.03. The van der Waals surface area contributed by atoms with Gasteiger partial charge in [0, 0.05) is 35.8 Å². The molecule has 0 heterocycles. The van der Waals surface area contributed by atoms with E-state index in [-0.39, 0.29) is 0 Å². The van der Waals surface area contributed by atoms with Crippen molar-refractivity contribution in [3.8, 4) is 6.07 Å². The lowest BCUT2D eigenvalue weighted by molar-refractivity contribution is 0.832. The van der Waals surface area contributed by atoms with E-state index >= 15 is 0 Å². The summed E-state index contributed by atoms with van der Waals surface area (Å²) in [4.78, 5) is 5.40. The van der Waals surface area contributed by atoms with Crippen LogP contribution in [0.3, 0.4) is 0 Å². The fraction of sp³-hybridized carbons (Fsp3) is 0.222. The van der Waals surface area contributed by atoms with Crippen LogP contribution in [0.1, 0.15) is 11.1 Å². The van der Waals surface area contributed by atoms with Crippen LogP contribution in [0.5, 0.6) is 0 Å². The Kier molecular flexibility index (Phi) is 7.47. The number of halogens is 1. The number of guanidine groups is 1. The molecule has 0 spiro atoms. The van der Waals surface area contributed by atoms with Gasteiger partial charge in [0.25, 0.3) is 0 Å². The van der Waals surface area contributed by atoms with Crippen LogP contribution < -0.4 is 10.6 Å². The second-order valence-electron chi connectivity index (χ2n) is 4.97. The van der Waals surface area contributed by atoms with Gasteiger partial charge < -0.3 is 10.6 Å². The molecule has 2 aromatic carbocycles. The number of aliphatic imine (C=N–C) groups is 1. The second kappa shape index (κ2) is 9.86. The van der Waals surface area contributed by atoms with Crippen molar-refractivity contribution in [1.29, 1.82) is 5.26 Å². The van der Waals surface area contributed by atoms with Gasteiger partial charge in [-0.15, -0.1) is 11.8 Å². The highest BCUT2D eigenvalue weighted by Gasteiger charge is 2.00. The number of hydrogen-bond acceptors (Lipinski definition) is 3. The Labute approximate surface area is 151 Å². The molecule has 2 aromatic rings. The maximum Gasteiger partial charge on any atom is 0.191 e. The zero-order chi connectivity index (χ0) is 17.2. The zero-order valence-electron chi connectivity index (χ0n) is 13.4. The Balaban J connectivity index is 1.72. The molecule has 24 heavy (non-hydrogen) atoms. The Morgan fingerprint density at radius 1 is 1.21 bits per heavy atom. The van der Waals surface area contributed by atoms with Crippen molar-refractivity contribution < 1.29 is 0 Å². The number of rotatable bonds is 6. The minimum atomic E-state index is 0.625. The van der Waals surface area contributed by atoms with Gasteiger partial charge in [-0.3, -0.25) is 4.99 Å². The van der Waals surface area contributed by atoms with E-state index in [2.05, 4.69) is 21.7 Å². The summed E-state index contributed by atoms with van der Waals surface area (Å²) in [5, 5.41) is 16.2. The van der Waals surface area contributed by atoms with Gasteiger partial charge in [0.05, 0.1) is 11.6 Å². The third kappa shape index (κ3) is 6.15. The summed E-state index contributed by atoms with van der Waals surface area (Å²) < 4.78 is 0. The largest absolute Gasteiger partial charge is 0.356 e. The predicted molar refractivity (Wildman–Crippen MR) is 102 cm³/mol. The highest BCUT2D eigenvalue weighted by Crippen LogP contribution is 2.19. The highest BCUT2D eigenvalue weighted by molar-refractivity contribution is 7.99. The maximum absolute atomic E-state index is 8.92. The molecule has 0 amide bonds. The van der Waals surface area contributed by atoms with Gasteiger partial charge in [0.1, 0.15) is 0 Å². The average molecular weight is 359 g/mol. The van der Waals surface area contributed by atoms with Gasteiger partial charge in [-0.25, -0.2) is 0 Å². The monoisotopic (exact) mass is 358 g/mol. The third-order valence-electron chi connectivity index (χ3n) is 3.22. The Morgan fingerprint density at radius 2 is 2.00 bits per heavy atom. The van der Waals surface area contributed by atoms with E-state index in [0.717, 1.165) is 28.8 Å². The summed E-state index contributed by atoms with van der Waals surface area (Å²) in [6, 6.07) is 17.5. The van der Waals surface area contributed by atoms with Crippen LogP contribution in [-0.4, -0.2) is 25.3 Å². The van der Waals surface area contributed by atoms with Crippen molar-refractivity contribution in [1.82, 2.24) is 10.6 Å². The van der Waals surface area contributed by atoms with Crippen molar-refractivity contribution in [2.75, 3.05) is 19.3 Å². The lowest BCUT2D eigenvalue weighted by atomic mass is 10.1. The topological polar surface area (TPSA) is 60.2 Å². The van der Waals surface area contributed by atoms with Crippen LogP contribution in [0.4, 0.5) is 0 Å². The molecule has 0 unspecified atom stereocenters. The van der Waals surface area contributed by atoms with Crippen LogP contribution in [0.2, 0.25) is 5.02 Å². The quantitative estimate of drug-likeness (QED) is 0.358. The van der Waals surface area contributed by atoms with Crippen molar-refractivity contribution >= 4 is 29.3 Å². The molecule has 0 aliphatic heterocycles. The molecule has 6 heteroatoms. The molecule has 0 radical (unpaired) electrons. The predicted octanol–water partition coefficient (Wildman–Crippen LogP) is 3.67. The number of thioether (sulfide) groups is 1. The van der Waals surface area contributed by atoms with Gasteiger partial charge >= 0.3 is 0 Å². The molecule has 4 nitrogen and oxygen atoms in total. The fourth-order valence-corrected chi connectivity index (χ4v) is 2.92. The minimum absolute atomic E-state index is 0.625. The molecule has 0 aromatic heterocycles. The third-order valence-corrected chi connectivity index (χ3v) is 4.48. The lowest BCUT2D eigenvalue weighted by Crippen LogP contribution is -2.37. The van der Waals surface area contributed by atoms with Crippen LogP contribution in [-0.2, 0) is 6.54 Å². The Bertz CT molecular complexity index is 723. The molecule has 2 rings (SSSR count). The molecule has 0 fully saturated rings. The molecular weight excluding hydrogens is 340 g/mol. The average Bonchev–Trinajstić information content (AvgIpc) is 2.63. The molecule has 124 valence electrons. The van der Waals surface area contributed by atoms with Crippen molar-refractivity contribution in [3.63, 3.8) is 0 Å².